The summed E-state index contributed by atoms with van der Waals surface area (Å²) >= 11 is 6.05. The van der Waals surface area contributed by atoms with Gasteiger partial charge in [0.1, 0.15) is 6.10 Å². The van der Waals surface area contributed by atoms with E-state index in [1.807, 2.05) is 24.3 Å². The van der Waals surface area contributed by atoms with Crippen molar-refractivity contribution < 1.29 is 9.53 Å². The summed E-state index contributed by atoms with van der Waals surface area (Å²) in [5, 5.41) is 11.6. The predicted octanol–water partition coefficient (Wildman–Crippen LogP) is 3.88. The molecule has 1 N–H and O–H groups in total. The van der Waals surface area contributed by atoms with Gasteiger partial charge in [0.05, 0.1) is 11.4 Å². The van der Waals surface area contributed by atoms with Crippen LogP contribution in [-0.4, -0.2) is 32.0 Å². The SMILES string of the molecule is Cc1c(C(=O)NCc2cccnc2OC2CCCC2)nnn1-c1cccc(Cl)c1. The van der Waals surface area contributed by atoms with Crippen molar-refractivity contribution in [2.75, 3.05) is 0 Å². The first kappa shape index (κ1) is 19.4. The van der Waals surface area contributed by atoms with Crippen LogP contribution in [0.2, 0.25) is 5.02 Å². The van der Waals surface area contributed by atoms with Gasteiger partial charge in [-0.1, -0.05) is 28.9 Å². The van der Waals surface area contributed by atoms with Crippen LogP contribution >= 0.6 is 11.6 Å². The number of nitrogens with zero attached hydrogens (tertiary/aromatic N) is 4. The second-order valence-electron chi connectivity index (χ2n) is 7.09. The highest BCUT2D eigenvalue weighted by molar-refractivity contribution is 6.30. The van der Waals surface area contributed by atoms with E-state index in [9.17, 15) is 4.79 Å². The quantitative estimate of drug-likeness (QED) is 0.665. The maximum Gasteiger partial charge on any atom is 0.274 e. The van der Waals surface area contributed by atoms with E-state index in [1.165, 1.54) is 12.8 Å². The zero-order valence-corrected chi connectivity index (χ0v) is 16.9. The molecule has 2 heterocycles. The number of halogens is 1. The fourth-order valence-corrected chi connectivity index (χ4v) is 3.66. The number of benzene rings is 1. The third-order valence-electron chi connectivity index (χ3n) is 5.03. The van der Waals surface area contributed by atoms with Crippen LogP contribution in [-0.2, 0) is 6.54 Å². The molecule has 4 rings (SSSR count). The number of carbonyl (C=O) groups is 1. The third-order valence-corrected chi connectivity index (χ3v) is 5.27. The highest BCUT2D eigenvalue weighted by atomic mass is 35.5. The Labute approximate surface area is 174 Å². The van der Waals surface area contributed by atoms with Gasteiger partial charge in [-0.05, 0) is 56.9 Å². The van der Waals surface area contributed by atoms with Crippen LogP contribution in [0.15, 0.2) is 42.6 Å². The summed E-state index contributed by atoms with van der Waals surface area (Å²) in [6.07, 6.45) is 6.38. The highest BCUT2D eigenvalue weighted by Crippen LogP contribution is 2.25. The summed E-state index contributed by atoms with van der Waals surface area (Å²) < 4.78 is 7.63. The number of aromatic nitrogens is 4. The molecule has 1 fully saturated rings. The monoisotopic (exact) mass is 411 g/mol. The predicted molar refractivity (Wildman–Crippen MR) is 109 cm³/mol. The highest BCUT2D eigenvalue weighted by Gasteiger charge is 2.20. The zero-order chi connectivity index (χ0) is 20.2. The largest absolute Gasteiger partial charge is 0.474 e. The van der Waals surface area contributed by atoms with Crippen molar-refractivity contribution in [2.24, 2.45) is 0 Å². The molecule has 8 heteroatoms. The van der Waals surface area contributed by atoms with Gasteiger partial charge in [0.2, 0.25) is 5.88 Å². The number of ether oxygens (including phenoxy) is 1. The van der Waals surface area contributed by atoms with Crippen LogP contribution in [0.4, 0.5) is 0 Å². The van der Waals surface area contributed by atoms with Gasteiger partial charge in [-0.2, -0.15) is 0 Å². The van der Waals surface area contributed by atoms with E-state index in [4.69, 9.17) is 16.3 Å². The average Bonchev–Trinajstić information content (AvgIpc) is 3.37. The van der Waals surface area contributed by atoms with Gasteiger partial charge in [0.15, 0.2) is 5.69 Å². The van der Waals surface area contributed by atoms with E-state index < -0.39 is 0 Å². The topological polar surface area (TPSA) is 81.9 Å². The lowest BCUT2D eigenvalue weighted by Gasteiger charge is -2.15. The lowest BCUT2D eigenvalue weighted by molar-refractivity contribution is 0.0944. The van der Waals surface area contributed by atoms with Crippen molar-refractivity contribution in [3.8, 4) is 11.6 Å². The molecule has 150 valence electrons. The minimum absolute atomic E-state index is 0.208. The van der Waals surface area contributed by atoms with E-state index >= 15 is 0 Å². The number of hydrogen-bond acceptors (Lipinski definition) is 5. The lowest BCUT2D eigenvalue weighted by Crippen LogP contribution is -2.25. The summed E-state index contributed by atoms with van der Waals surface area (Å²) in [5.41, 5.74) is 2.50. The smallest absolute Gasteiger partial charge is 0.274 e. The number of pyridine rings is 1. The first-order chi connectivity index (χ1) is 14.1. The molecule has 0 bridgehead atoms. The number of carbonyl (C=O) groups excluding carboxylic acids is 1. The minimum Gasteiger partial charge on any atom is -0.474 e. The Kier molecular flexibility index (Phi) is 5.76. The molecule has 1 saturated carbocycles. The average molecular weight is 412 g/mol. The Hall–Kier alpha value is -2.93. The molecule has 1 aliphatic rings. The Morgan fingerprint density at radius 3 is 2.90 bits per heavy atom. The van der Waals surface area contributed by atoms with Gasteiger partial charge in [-0.25, -0.2) is 9.67 Å². The summed E-state index contributed by atoms with van der Waals surface area (Å²) in [4.78, 5) is 17.0. The minimum atomic E-state index is -0.300. The number of hydrogen-bond donors (Lipinski definition) is 1. The maximum atomic E-state index is 12.7. The van der Waals surface area contributed by atoms with Crippen LogP contribution < -0.4 is 10.1 Å². The van der Waals surface area contributed by atoms with Crippen LogP contribution in [0, 0.1) is 6.92 Å². The van der Waals surface area contributed by atoms with Gasteiger partial charge in [-0.15, -0.1) is 5.10 Å². The molecule has 29 heavy (non-hydrogen) atoms. The fraction of sp³-hybridized carbons (Fsp3) is 0.333. The molecule has 3 aromatic rings. The Morgan fingerprint density at radius 1 is 1.28 bits per heavy atom. The second kappa shape index (κ2) is 8.61. The fourth-order valence-electron chi connectivity index (χ4n) is 3.48. The molecule has 1 aromatic carbocycles. The second-order valence-corrected chi connectivity index (χ2v) is 7.53. The zero-order valence-electron chi connectivity index (χ0n) is 16.1. The van der Waals surface area contributed by atoms with E-state index in [0.717, 1.165) is 24.1 Å². The van der Waals surface area contributed by atoms with Crippen molar-refractivity contribution in [1.82, 2.24) is 25.3 Å². The molecule has 0 saturated heterocycles. The first-order valence-electron chi connectivity index (χ1n) is 9.69. The molecule has 0 spiro atoms. The number of amides is 1. The first-order valence-corrected chi connectivity index (χ1v) is 10.1. The summed E-state index contributed by atoms with van der Waals surface area (Å²) in [6, 6.07) is 11.0. The molecule has 1 amide bonds. The van der Waals surface area contributed by atoms with Crippen molar-refractivity contribution in [2.45, 2.75) is 45.3 Å². The van der Waals surface area contributed by atoms with Gasteiger partial charge >= 0.3 is 0 Å². The summed E-state index contributed by atoms with van der Waals surface area (Å²) in [7, 11) is 0. The van der Waals surface area contributed by atoms with Gasteiger partial charge in [0, 0.05) is 23.3 Å². The maximum absolute atomic E-state index is 12.7. The number of rotatable bonds is 6. The Balaban J connectivity index is 1.46. The van der Waals surface area contributed by atoms with Gasteiger partial charge < -0.3 is 10.1 Å². The molecule has 0 unspecified atom stereocenters. The molecule has 2 aromatic heterocycles. The van der Waals surface area contributed by atoms with E-state index in [0.29, 0.717) is 23.1 Å². The normalized spacial score (nSPS) is 14.1. The molecular weight excluding hydrogens is 390 g/mol. The van der Waals surface area contributed by atoms with Crippen molar-refractivity contribution in [3.63, 3.8) is 0 Å². The standard InChI is InChI=1S/C21H22ClN5O2/c1-14-19(25-26-27(14)17-8-4-7-16(22)12-17)20(28)24-13-15-6-5-11-23-21(15)29-18-9-2-3-10-18/h4-8,11-12,18H,2-3,9-10,13H2,1H3,(H,24,28). The van der Waals surface area contributed by atoms with Crippen molar-refractivity contribution in [1.29, 1.82) is 0 Å². The molecule has 0 atom stereocenters. The van der Waals surface area contributed by atoms with Crippen LogP contribution in [0.5, 0.6) is 5.88 Å². The lowest BCUT2D eigenvalue weighted by atomic mass is 10.2. The van der Waals surface area contributed by atoms with E-state index in [-0.39, 0.29) is 17.7 Å². The van der Waals surface area contributed by atoms with Crippen LogP contribution in [0.1, 0.15) is 47.4 Å². The Morgan fingerprint density at radius 2 is 2.10 bits per heavy atom. The van der Waals surface area contributed by atoms with Gasteiger partial charge in [0.25, 0.3) is 5.91 Å². The molecule has 7 nitrogen and oxygen atoms in total. The Bertz CT molecular complexity index is 1010. The molecule has 1 aliphatic carbocycles. The van der Waals surface area contributed by atoms with Crippen LogP contribution in [0.3, 0.4) is 0 Å². The van der Waals surface area contributed by atoms with Crippen molar-refractivity contribution >= 4 is 17.5 Å². The van der Waals surface area contributed by atoms with Crippen LogP contribution in [0.25, 0.3) is 5.69 Å². The molecule has 0 radical (unpaired) electrons. The van der Waals surface area contributed by atoms with E-state index in [2.05, 4.69) is 20.6 Å². The summed E-state index contributed by atoms with van der Waals surface area (Å²) in [5.74, 6) is 0.283. The van der Waals surface area contributed by atoms with E-state index in [1.54, 1.807) is 29.9 Å². The number of nitrogens with one attached hydrogen (secondary N) is 1. The van der Waals surface area contributed by atoms with Gasteiger partial charge in [-0.3, -0.25) is 4.79 Å². The van der Waals surface area contributed by atoms with Crippen molar-refractivity contribution in [3.05, 3.63) is 64.6 Å². The third kappa shape index (κ3) is 4.40. The molecular formula is C21H22ClN5O2. The summed E-state index contributed by atoms with van der Waals surface area (Å²) in [6.45, 7) is 2.10. The molecule has 0 aliphatic heterocycles.